The summed E-state index contributed by atoms with van der Waals surface area (Å²) in [6, 6.07) is 7.34. The number of aliphatic hydroxyl groups excluding tert-OH is 2. The molecule has 0 radical (unpaired) electrons. The zero-order valence-corrected chi connectivity index (χ0v) is 17.5. The predicted molar refractivity (Wildman–Crippen MR) is 113 cm³/mol. The quantitative estimate of drug-likeness (QED) is 0.512. The SMILES string of the molecule is C=C/C(=C/C)N1CCN(CCNC(=O)[C@H](O)[C@@H](O)C(=O)N2Cc3ccccc3C2)C1=O. The highest BCUT2D eigenvalue weighted by Crippen LogP contribution is 2.23. The van der Waals surface area contributed by atoms with Crippen LogP contribution in [-0.2, 0) is 22.7 Å². The molecule has 31 heavy (non-hydrogen) atoms. The Morgan fingerprint density at radius 3 is 2.39 bits per heavy atom. The molecule has 1 saturated heterocycles. The van der Waals surface area contributed by atoms with Crippen molar-refractivity contribution in [2.75, 3.05) is 26.2 Å². The Morgan fingerprint density at radius 2 is 1.81 bits per heavy atom. The van der Waals surface area contributed by atoms with Crippen LogP contribution in [0.15, 0.2) is 48.7 Å². The average Bonchev–Trinajstić information content (AvgIpc) is 3.37. The molecule has 3 N–H and O–H groups in total. The van der Waals surface area contributed by atoms with Gasteiger partial charge in [-0.15, -0.1) is 0 Å². The molecule has 0 spiro atoms. The summed E-state index contributed by atoms with van der Waals surface area (Å²) in [5.41, 5.74) is 2.67. The van der Waals surface area contributed by atoms with Gasteiger partial charge in [0.25, 0.3) is 11.8 Å². The van der Waals surface area contributed by atoms with Crippen LogP contribution >= 0.6 is 0 Å². The summed E-state index contributed by atoms with van der Waals surface area (Å²) in [5.74, 6) is -1.56. The Labute approximate surface area is 181 Å². The van der Waals surface area contributed by atoms with Gasteiger partial charge in [0.15, 0.2) is 12.2 Å². The lowest BCUT2D eigenvalue weighted by Crippen LogP contribution is -2.50. The number of rotatable bonds is 8. The Bertz CT molecular complexity index is 875. The second-order valence-corrected chi connectivity index (χ2v) is 7.48. The number of amides is 4. The summed E-state index contributed by atoms with van der Waals surface area (Å²) < 4.78 is 0. The molecule has 4 amide bonds. The maximum Gasteiger partial charge on any atom is 0.324 e. The van der Waals surface area contributed by atoms with Crippen molar-refractivity contribution in [3.8, 4) is 0 Å². The zero-order valence-electron chi connectivity index (χ0n) is 17.5. The van der Waals surface area contributed by atoms with Crippen LogP contribution in [0.1, 0.15) is 18.1 Å². The van der Waals surface area contributed by atoms with E-state index in [1.54, 1.807) is 22.0 Å². The lowest BCUT2D eigenvalue weighted by Gasteiger charge is -2.23. The van der Waals surface area contributed by atoms with E-state index in [4.69, 9.17) is 0 Å². The van der Waals surface area contributed by atoms with Crippen molar-refractivity contribution >= 4 is 17.8 Å². The van der Waals surface area contributed by atoms with Gasteiger partial charge in [-0.3, -0.25) is 14.5 Å². The molecule has 0 aromatic heterocycles. The van der Waals surface area contributed by atoms with Gasteiger partial charge in [-0.1, -0.05) is 36.9 Å². The number of carbonyl (C=O) groups is 3. The molecule has 166 valence electrons. The van der Waals surface area contributed by atoms with Gasteiger partial charge in [-0.25, -0.2) is 4.79 Å². The van der Waals surface area contributed by atoms with Crippen molar-refractivity contribution in [3.05, 3.63) is 59.8 Å². The Hall–Kier alpha value is -3.17. The van der Waals surface area contributed by atoms with Crippen LogP contribution in [0.2, 0.25) is 0 Å². The van der Waals surface area contributed by atoms with Gasteiger partial charge in [0.2, 0.25) is 0 Å². The Kier molecular flexibility index (Phi) is 7.09. The first kappa shape index (κ1) is 22.5. The summed E-state index contributed by atoms with van der Waals surface area (Å²) in [6.07, 6.45) is -0.346. The molecule has 1 aromatic carbocycles. The molecule has 2 aliphatic heterocycles. The Balaban J connectivity index is 1.46. The molecular weight excluding hydrogens is 400 g/mol. The van der Waals surface area contributed by atoms with Gasteiger partial charge in [0.1, 0.15) is 0 Å². The molecule has 3 rings (SSSR count). The topological polar surface area (TPSA) is 113 Å². The Morgan fingerprint density at radius 1 is 1.16 bits per heavy atom. The van der Waals surface area contributed by atoms with E-state index in [0.29, 0.717) is 26.2 Å². The van der Waals surface area contributed by atoms with Crippen LogP contribution in [0.25, 0.3) is 0 Å². The van der Waals surface area contributed by atoms with E-state index in [9.17, 15) is 24.6 Å². The normalized spacial score (nSPS) is 18.1. The smallest absolute Gasteiger partial charge is 0.324 e. The number of aliphatic hydroxyl groups is 2. The van der Waals surface area contributed by atoms with E-state index in [0.717, 1.165) is 16.8 Å². The number of urea groups is 1. The number of fused-ring (bicyclic) bond motifs is 1. The van der Waals surface area contributed by atoms with Crippen molar-refractivity contribution < 1.29 is 24.6 Å². The highest BCUT2D eigenvalue weighted by atomic mass is 16.3. The maximum atomic E-state index is 12.5. The van der Waals surface area contributed by atoms with E-state index >= 15 is 0 Å². The molecule has 2 atom stereocenters. The third-order valence-electron chi connectivity index (χ3n) is 5.57. The van der Waals surface area contributed by atoms with E-state index < -0.39 is 24.0 Å². The van der Waals surface area contributed by atoms with Crippen molar-refractivity contribution in [2.45, 2.75) is 32.2 Å². The molecule has 0 aliphatic carbocycles. The monoisotopic (exact) mass is 428 g/mol. The minimum Gasteiger partial charge on any atom is -0.380 e. The standard InChI is InChI=1S/C22H28N4O5/c1-3-17(4-2)26-12-11-24(22(26)31)10-9-23-20(29)18(27)19(28)21(30)25-13-15-7-5-6-8-16(15)14-25/h3-8,18-19,27-28H,1,9-14H2,2H3,(H,23,29)/b17-4-/t18-,19-/m1/s1. The van der Waals surface area contributed by atoms with Crippen molar-refractivity contribution in [3.63, 3.8) is 0 Å². The summed E-state index contributed by atoms with van der Waals surface area (Å²) in [7, 11) is 0. The van der Waals surface area contributed by atoms with Crippen LogP contribution in [0, 0.1) is 0 Å². The number of nitrogens with zero attached hydrogens (tertiary/aromatic N) is 3. The highest BCUT2D eigenvalue weighted by molar-refractivity contribution is 5.91. The first-order valence-corrected chi connectivity index (χ1v) is 10.2. The van der Waals surface area contributed by atoms with E-state index in [-0.39, 0.29) is 19.1 Å². The van der Waals surface area contributed by atoms with Gasteiger partial charge < -0.3 is 25.3 Å². The molecule has 0 unspecified atom stereocenters. The van der Waals surface area contributed by atoms with Crippen LogP contribution < -0.4 is 5.32 Å². The number of hydrogen-bond acceptors (Lipinski definition) is 5. The second kappa shape index (κ2) is 9.76. The van der Waals surface area contributed by atoms with Gasteiger partial charge in [0.05, 0.1) is 0 Å². The maximum absolute atomic E-state index is 12.5. The van der Waals surface area contributed by atoms with Gasteiger partial charge in [-0.05, 0) is 24.1 Å². The van der Waals surface area contributed by atoms with Crippen LogP contribution in [0.4, 0.5) is 4.79 Å². The molecule has 1 aromatic rings. The summed E-state index contributed by atoms with van der Waals surface area (Å²) in [5, 5.41) is 22.8. The summed E-state index contributed by atoms with van der Waals surface area (Å²) in [4.78, 5) is 41.7. The molecule has 0 bridgehead atoms. The van der Waals surface area contributed by atoms with Gasteiger partial charge in [-0.2, -0.15) is 0 Å². The lowest BCUT2D eigenvalue weighted by molar-refractivity contribution is -0.153. The summed E-state index contributed by atoms with van der Waals surface area (Å²) in [6.45, 7) is 7.52. The van der Waals surface area contributed by atoms with Crippen molar-refractivity contribution in [2.24, 2.45) is 0 Å². The molecule has 1 fully saturated rings. The zero-order chi connectivity index (χ0) is 22.5. The van der Waals surface area contributed by atoms with Crippen molar-refractivity contribution in [1.82, 2.24) is 20.0 Å². The van der Waals surface area contributed by atoms with Crippen LogP contribution in [0.3, 0.4) is 0 Å². The fourth-order valence-corrected chi connectivity index (χ4v) is 3.79. The number of allylic oxidation sites excluding steroid dienone is 2. The predicted octanol–water partition coefficient (Wildman–Crippen LogP) is 0.194. The highest BCUT2D eigenvalue weighted by Gasteiger charge is 2.35. The molecule has 9 nitrogen and oxygen atoms in total. The van der Waals surface area contributed by atoms with Crippen LogP contribution in [-0.4, -0.2) is 81.1 Å². The minimum atomic E-state index is -1.89. The third-order valence-corrected chi connectivity index (χ3v) is 5.57. The third kappa shape index (κ3) is 4.78. The van der Waals surface area contributed by atoms with Crippen molar-refractivity contribution in [1.29, 1.82) is 0 Å². The first-order valence-electron chi connectivity index (χ1n) is 10.2. The largest absolute Gasteiger partial charge is 0.380 e. The molecular formula is C22H28N4O5. The fourth-order valence-electron chi connectivity index (χ4n) is 3.79. The molecule has 2 aliphatic rings. The number of hydrogen-bond donors (Lipinski definition) is 3. The van der Waals surface area contributed by atoms with E-state index in [1.807, 2.05) is 31.2 Å². The molecule has 0 saturated carbocycles. The summed E-state index contributed by atoms with van der Waals surface area (Å²) >= 11 is 0. The number of nitrogens with one attached hydrogen (secondary N) is 1. The van der Waals surface area contributed by atoms with E-state index in [1.165, 1.54) is 4.90 Å². The van der Waals surface area contributed by atoms with E-state index in [2.05, 4.69) is 11.9 Å². The molecule has 2 heterocycles. The first-order chi connectivity index (χ1) is 14.9. The fraction of sp³-hybridized carbons (Fsp3) is 0.409. The average molecular weight is 428 g/mol. The number of benzene rings is 1. The van der Waals surface area contributed by atoms with Gasteiger partial charge in [0, 0.05) is 45.0 Å². The minimum absolute atomic E-state index is 0.0881. The second-order valence-electron chi connectivity index (χ2n) is 7.48. The lowest BCUT2D eigenvalue weighted by atomic mass is 10.1. The number of carbonyl (C=O) groups excluding carboxylic acids is 3. The molecule has 9 heteroatoms. The van der Waals surface area contributed by atoms with Crippen LogP contribution in [0.5, 0.6) is 0 Å². The van der Waals surface area contributed by atoms with Gasteiger partial charge >= 0.3 is 6.03 Å².